The second kappa shape index (κ2) is 10.4. The largest absolute Gasteiger partial charge is 0.369 e. The molecule has 5 rings (SSSR count). The van der Waals surface area contributed by atoms with Crippen LogP contribution in [-0.4, -0.2) is 61.5 Å². The maximum Gasteiger partial charge on any atom is 0.222 e. The second-order valence-electron chi connectivity index (χ2n) is 10.3. The number of nitrogens with zero attached hydrogens (tertiary/aromatic N) is 3. The Balaban J connectivity index is 1.23. The summed E-state index contributed by atoms with van der Waals surface area (Å²) in [6.45, 7) is 6.01. The first-order valence-corrected chi connectivity index (χ1v) is 12.8. The van der Waals surface area contributed by atoms with E-state index < -0.39 is 0 Å². The van der Waals surface area contributed by atoms with Crippen LogP contribution in [0.3, 0.4) is 0 Å². The van der Waals surface area contributed by atoms with Gasteiger partial charge in [-0.2, -0.15) is 0 Å². The lowest BCUT2D eigenvalue weighted by molar-refractivity contribution is -0.131. The molecule has 0 spiro atoms. The van der Waals surface area contributed by atoms with Crippen molar-refractivity contribution in [3.63, 3.8) is 0 Å². The molecule has 2 aromatic rings. The van der Waals surface area contributed by atoms with E-state index >= 15 is 0 Å². The zero-order valence-electron chi connectivity index (χ0n) is 19.8. The van der Waals surface area contributed by atoms with E-state index in [4.69, 9.17) is 0 Å². The van der Waals surface area contributed by atoms with Crippen molar-refractivity contribution < 1.29 is 13.6 Å². The van der Waals surface area contributed by atoms with Crippen molar-refractivity contribution in [3.05, 3.63) is 65.7 Å². The molecule has 1 aliphatic carbocycles. The normalized spacial score (nSPS) is 24.2. The molecule has 0 unspecified atom stereocenters. The third kappa shape index (κ3) is 5.43. The van der Waals surface area contributed by atoms with E-state index in [2.05, 4.69) is 9.80 Å². The first kappa shape index (κ1) is 23.3. The summed E-state index contributed by atoms with van der Waals surface area (Å²) in [5, 5.41) is 0. The van der Waals surface area contributed by atoms with Gasteiger partial charge < -0.3 is 9.80 Å². The number of carbonyl (C=O) groups excluding carboxylic acids is 1. The third-order valence-electron chi connectivity index (χ3n) is 8.07. The average Bonchev–Trinajstić information content (AvgIpc) is 3.50. The molecule has 3 aliphatic rings. The van der Waals surface area contributed by atoms with E-state index in [0.29, 0.717) is 24.8 Å². The Bertz CT molecular complexity index is 968. The van der Waals surface area contributed by atoms with Crippen LogP contribution in [0.1, 0.15) is 43.6 Å². The quantitative estimate of drug-likeness (QED) is 0.604. The van der Waals surface area contributed by atoms with Crippen LogP contribution in [0.5, 0.6) is 0 Å². The lowest BCUT2D eigenvalue weighted by Gasteiger charge is -2.37. The molecule has 0 radical (unpaired) electrons. The number of carbonyl (C=O) groups is 1. The van der Waals surface area contributed by atoms with Gasteiger partial charge in [0.25, 0.3) is 0 Å². The topological polar surface area (TPSA) is 26.8 Å². The zero-order valence-corrected chi connectivity index (χ0v) is 19.8. The van der Waals surface area contributed by atoms with Gasteiger partial charge in [-0.25, -0.2) is 8.78 Å². The predicted octanol–water partition coefficient (Wildman–Crippen LogP) is 4.91. The van der Waals surface area contributed by atoms with Crippen LogP contribution < -0.4 is 4.90 Å². The Kier molecular flexibility index (Phi) is 7.14. The molecular formula is C28H35F2N3O. The Morgan fingerprint density at radius 3 is 2.32 bits per heavy atom. The van der Waals surface area contributed by atoms with Gasteiger partial charge in [0.15, 0.2) is 0 Å². The highest BCUT2D eigenvalue weighted by Gasteiger charge is 2.38. The highest BCUT2D eigenvalue weighted by molar-refractivity contribution is 5.77. The minimum Gasteiger partial charge on any atom is -0.369 e. The Morgan fingerprint density at radius 2 is 1.62 bits per heavy atom. The zero-order chi connectivity index (χ0) is 23.5. The minimum absolute atomic E-state index is 0.165. The van der Waals surface area contributed by atoms with Crippen molar-refractivity contribution in [2.75, 3.05) is 50.7 Å². The fraction of sp³-hybridized carbons (Fsp3) is 0.536. The summed E-state index contributed by atoms with van der Waals surface area (Å²) in [6.07, 6.45) is 5.51. The molecule has 182 valence electrons. The highest BCUT2D eigenvalue weighted by Crippen LogP contribution is 2.36. The minimum atomic E-state index is -0.209. The first-order chi connectivity index (χ1) is 16.5. The lowest BCUT2D eigenvalue weighted by Crippen LogP contribution is -2.48. The lowest BCUT2D eigenvalue weighted by atomic mass is 9.88. The molecular weight excluding hydrogens is 432 g/mol. The van der Waals surface area contributed by atoms with E-state index in [0.717, 1.165) is 50.5 Å². The van der Waals surface area contributed by atoms with Crippen LogP contribution in [-0.2, 0) is 4.79 Å². The van der Waals surface area contributed by atoms with Crippen LogP contribution in [0, 0.1) is 23.5 Å². The number of rotatable bonds is 6. The fourth-order valence-corrected chi connectivity index (χ4v) is 6.14. The second-order valence-corrected chi connectivity index (χ2v) is 10.3. The fourth-order valence-electron chi connectivity index (χ4n) is 6.14. The monoisotopic (exact) mass is 467 g/mol. The SMILES string of the molecule is O=C(CC1CCCC1)N1C[C@H](CN2CCN(c3ccc(F)cc3)CC2)[C@@H](c2cccc(F)c2)C1. The smallest absolute Gasteiger partial charge is 0.222 e. The summed E-state index contributed by atoms with van der Waals surface area (Å²) in [4.78, 5) is 19.9. The molecule has 2 aliphatic heterocycles. The molecule has 0 N–H and O–H groups in total. The van der Waals surface area contributed by atoms with E-state index in [-0.39, 0.29) is 23.5 Å². The molecule has 6 heteroatoms. The van der Waals surface area contributed by atoms with Crippen LogP contribution in [0.25, 0.3) is 0 Å². The maximum absolute atomic E-state index is 14.0. The van der Waals surface area contributed by atoms with Gasteiger partial charge in [0.2, 0.25) is 5.91 Å². The van der Waals surface area contributed by atoms with Gasteiger partial charge in [-0.15, -0.1) is 0 Å². The summed E-state index contributed by atoms with van der Waals surface area (Å²) >= 11 is 0. The standard InChI is InChI=1S/C28H35F2N3O/c29-24-8-10-26(11-9-24)32-14-12-31(13-15-32)18-23-19-33(28(34)16-21-4-1-2-5-21)20-27(23)22-6-3-7-25(30)17-22/h3,6-11,17,21,23,27H,1-2,4-5,12-16,18-20H2/t23-,27+/m0/s1. The summed E-state index contributed by atoms with van der Waals surface area (Å²) in [5.41, 5.74) is 2.06. The third-order valence-corrected chi connectivity index (χ3v) is 8.07. The van der Waals surface area contributed by atoms with E-state index in [9.17, 15) is 13.6 Å². The maximum atomic E-state index is 14.0. The number of halogens is 2. The van der Waals surface area contributed by atoms with E-state index in [1.54, 1.807) is 12.1 Å². The molecule has 0 aromatic heterocycles. The summed E-state index contributed by atoms with van der Waals surface area (Å²) in [6, 6.07) is 13.7. The number of amides is 1. The summed E-state index contributed by atoms with van der Waals surface area (Å²) < 4.78 is 27.3. The van der Waals surface area contributed by atoms with Crippen molar-refractivity contribution in [1.29, 1.82) is 0 Å². The molecule has 2 atom stereocenters. The molecule has 0 bridgehead atoms. The predicted molar refractivity (Wildman–Crippen MR) is 131 cm³/mol. The van der Waals surface area contributed by atoms with Crippen molar-refractivity contribution >= 4 is 11.6 Å². The molecule has 1 saturated carbocycles. The van der Waals surface area contributed by atoms with Gasteiger partial charge in [0, 0.05) is 63.8 Å². The van der Waals surface area contributed by atoms with E-state index in [1.165, 1.54) is 43.9 Å². The van der Waals surface area contributed by atoms with Crippen LogP contribution in [0.4, 0.5) is 14.5 Å². The molecule has 2 aromatic carbocycles. The van der Waals surface area contributed by atoms with Crippen molar-refractivity contribution in [2.24, 2.45) is 11.8 Å². The molecule has 2 saturated heterocycles. The number of hydrogen-bond acceptors (Lipinski definition) is 3. The molecule has 3 fully saturated rings. The van der Waals surface area contributed by atoms with Gasteiger partial charge in [-0.1, -0.05) is 25.0 Å². The van der Waals surface area contributed by atoms with Gasteiger partial charge in [-0.05, 0) is 66.6 Å². The summed E-state index contributed by atoms with van der Waals surface area (Å²) in [5.74, 6) is 0.861. The van der Waals surface area contributed by atoms with Gasteiger partial charge >= 0.3 is 0 Å². The number of benzene rings is 2. The van der Waals surface area contributed by atoms with Crippen molar-refractivity contribution in [1.82, 2.24) is 9.80 Å². The molecule has 4 nitrogen and oxygen atoms in total. The van der Waals surface area contributed by atoms with Gasteiger partial charge in [0.05, 0.1) is 0 Å². The Labute approximate surface area is 201 Å². The number of hydrogen-bond donors (Lipinski definition) is 0. The highest BCUT2D eigenvalue weighted by atomic mass is 19.1. The Morgan fingerprint density at radius 1 is 0.882 bits per heavy atom. The van der Waals surface area contributed by atoms with Crippen LogP contribution in [0.2, 0.25) is 0 Å². The number of likely N-dealkylation sites (tertiary alicyclic amines) is 1. The van der Waals surface area contributed by atoms with Gasteiger partial charge in [-0.3, -0.25) is 9.69 Å². The first-order valence-electron chi connectivity index (χ1n) is 12.8. The van der Waals surface area contributed by atoms with E-state index in [1.807, 2.05) is 23.1 Å². The number of piperazine rings is 1. The number of anilines is 1. The van der Waals surface area contributed by atoms with Crippen molar-refractivity contribution in [2.45, 2.75) is 38.0 Å². The molecule has 34 heavy (non-hydrogen) atoms. The van der Waals surface area contributed by atoms with Gasteiger partial charge in [0.1, 0.15) is 11.6 Å². The van der Waals surface area contributed by atoms with Crippen molar-refractivity contribution in [3.8, 4) is 0 Å². The van der Waals surface area contributed by atoms with Crippen LogP contribution in [0.15, 0.2) is 48.5 Å². The van der Waals surface area contributed by atoms with Crippen LogP contribution >= 0.6 is 0 Å². The summed E-state index contributed by atoms with van der Waals surface area (Å²) in [7, 11) is 0. The average molecular weight is 468 g/mol. The molecule has 2 heterocycles. The molecule has 1 amide bonds. The Hall–Kier alpha value is -2.47.